The Kier molecular flexibility index (Phi) is 6.81. The molecule has 160 valence electrons. The minimum Gasteiger partial charge on any atom is -0.376 e. The lowest BCUT2D eigenvalue weighted by atomic mass is 10.1. The van der Waals surface area contributed by atoms with E-state index in [4.69, 9.17) is 11.6 Å². The van der Waals surface area contributed by atoms with Crippen LogP contribution in [0.15, 0.2) is 72.8 Å². The van der Waals surface area contributed by atoms with E-state index in [-0.39, 0.29) is 23.7 Å². The van der Waals surface area contributed by atoms with Crippen LogP contribution in [0.2, 0.25) is 5.02 Å². The van der Waals surface area contributed by atoms with Gasteiger partial charge in [-0.2, -0.15) is 13.2 Å². The molecule has 31 heavy (non-hydrogen) atoms. The molecule has 3 aromatic carbocycles. The lowest BCUT2D eigenvalue weighted by Gasteiger charge is -2.11. The average Bonchev–Trinajstić information content (AvgIpc) is 2.74. The highest BCUT2D eigenvalue weighted by Crippen LogP contribution is 2.30. The van der Waals surface area contributed by atoms with Crippen LogP contribution >= 0.6 is 11.6 Å². The summed E-state index contributed by atoms with van der Waals surface area (Å²) in [6.07, 6.45) is -4.50. The van der Waals surface area contributed by atoms with Crippen molar-refractivity contribution in [3.8, 4) is 0 Å². The SMILES string of the molecule is O=C(CNc1cccc(C(=O)Nc2cccc(C(F)(F)F)c2)c1)Nc1ccc(Cl)cc1. The minimum atomic E-state index is -4.50. The summed E-state index contributed by atoms with van der Waals surface area (Å²) in [7, 11) is 0. The summed E-state index contributed by atoms with van der Waals surface area (Å²) in [5.74, 6) is -0.880. The number of halogens is 4. The molecule has 0 aliphatic heterocycles. The van der Waals surface area contributed by atoms with E-state index >= 15 is 0 Å². The number of carbonyl (C=O) groups excluding carboxylic acids is 2. The van der Waals surface area contributed by atoms with Crippen LogP contribution in [-0.2, 0) is 11.0 Å². The van der Waals surface area contributed by atoms with Crippen LogP contribution in [0.5, 0.6) is 0 Å². The lowest BCUT2D eigenvalue weighted by Crippen LogP contribution is -2.22. The molecule has 0 fully saturated rings. The van der Waals surface area contributed by atoms with Crippen LogP contribution in [0, 0.1) is 0 Å². The Labute approximate surface area is 181 Å². The first-order valence-corrected chi connectivity index (χ1v) is 9.46. The number of amides is 2. The topological polar surface area (TPSA) is 70.2 Å². The standard InChI is InChI=1S/C22H17ClF3N3O2/c23-16-7-9-17(10-8-16)28-20(30)13-27-18-5-1-3-14(11-18)21(31)29-19-6-2-4-15(12-19)22(24,25)26/h1-12,27H,13H2,(H,28,30)(H,29,31). The maximum atomic E-state index is 12.8. The Morgan fingerprint density at radius 1 is 0.806 bits per heavy atom. The maximum absolute atomic E-state index is 12.8. The molecule has 0 aliphatic carbocycles. The van der Waals surface area contributed by atoms with Crippen LogP contribution in [0.3, 0.4) is 0 Å². The van der Waals surface area contributed by atoms with Gasteiger partial charge in [0.25, 0.3) is 5.91 Å². The van der Waals surface area contributed by atoms with E-state index in [1.165, 1.54) is 24.3 Å². The summed E-state index contributed by atoms with van der Waals surface area (Å²) in [6.45, 7) is -0.0542. The van der Waals surface area contributed by atoms with Gasteiger partial charge in [0.1, 0.15) is 0 Å². The van der Waals surface area contributed by atoms with Gasteiger partial charge in [-0.15, -0.1) is 0 Å². The van der Waals surface area contributed by atoms with Gasteiger partial charge in [0.2, 0.25) is 5.91 Å². The number of anilines is 3. The van der Waals surface area contributed by atoms with Crippen molar-refractivity contribution in [1.82, 2.24) is 0 Å². The molecule has 0 spiro atoms. The zero-order valence-electron chi connectivity index (χ0n) is 16.0. The summed E-state index contributed by atoms with van der Waals surface area (Å²) < 4.78 is 38.5. The second-order valence-electron chi connectivity index (χ2n) is 6.52. The Balaban J connectivity index is 1.60. The second kappa shape index (κ2) is 9.53. The third kappa shape index (κ3) is 6.48. The molecular weight excluding hydrogens is 431 g/mol. The Bertz CT molecular complexity index is 1090. The summed E-state index contributed by atoms with van der Waals surface area (Å²) in [6, 6.07) is 17.3. The number of rotatable bonds is 6. The predicted octanol–water partition coefficient (Wildman–Crippen LogP) is 5.66. The van der Waals surface area contributed by atoms with Crippen molar-refractivity contribution in [2.75, 3.05) is 22.5 Å². The second-order valence-corrected chi connectivity index (χ2v) is 6.96. The van der Waals surface area contributed by atoms with E-state index in [1.807, 2.05) is 0 Å². The molecule has 3 N–H and O–H groups in total. The number of hydrogen-bond acceptors (Lipinski definition) is 3. The van der Waals surface area contributed by atoms with Crippen molar-refractivity contribution in [2.24, 2.45) is 0 Å². The highest BCUT2D eigenvalue weighted by molar-refractivity contribution is 6.30. The fourth-order valence-electron chi connectivity index (χ4n) is 2.67. The Morgan fingerprint density at radius 2 is 1.48 bits per heavy atom. The molecule has 0 aromatic heterocycles. The van der Waals surface area contributed by atoms with Gasteiger partial charge in [-0.3, -0.25) is 9.59 Å². The van der Waals surface area contributed by atoms with E-state index in [9.17, 15) is 22.8 Å². The zero-order chi connectivity index (χ0) is 22.4. The highest BCUT2D eigenvalue weighted by atomic mass is 35.5. The van der Waals surface area contributed by atoms with Gasteiger partial charge < -0.3 is 16.0 Å². The average molecular weight is 448 g/mol. The van der Waals surface area contributed by atoms with Crippen molar-refractivity contribution in [3.63, 3.8) is 0 Å². The number of nitrogens with one attached hydrogen (secondary N) is 3. The molecule has 0 bridgehead atoms. The van der Waals surface area contributed by atoms with E-state index in [1.54, 1.807) is 36.4 Å². The zero-order valence-corrected chi connectivity index (χ0v) is 16.7. The number of alkyl halides is 3. The van der Waals surface area contributed by atoms with Gasteiger partial charge in [0.15, 0.2) is 0 Å². The first-order valence-electron chi connectivity index (χ1n) is 9.09. The lowest BCUT2D eigenvalue weighted by molar-refractivity contribution is -0.137. The van der Waals surface area contributed by atoms with Crippen LogP contribution in [0.1, 0.15) is 15.9 Å². The van der Waals surface area contributed by atoms with Crippen LogP contribution in [0.4, 0.5) is 30.2 Å². The van der Waals surface area contributed by atoms with Crippen LogP contribution in [-0.4, -0.2) is 18.4 Å². The molecule has 0 heterocycles. The summed E-state index contributed by atoms with van der Waals surface area (Å²) in [5, 5.41) is 8.59. The molecule has 2 amide bonds. The summed E-state index contributed by atoms with van der Waals surface area (Å²) in [4.78, 5) is 24.5. The van der Waals surface area contributed by atoms with Crippen molar-refractivity contribution in [2.45, 2.75) is 6.18 Å². The Hall–Kier alpha value is -3.52. The Morgan fingerprint density at radius 3 is 2.19 bits per heavy atom. The van der Waals surface area contributed by atoms with Crippen molar-refractivity contribution < 1.29 is 22.8 Å². The number of hydrogen-bond donors (Lipinski definition) is 3. The van der Waals surface area contributed by atoms with Crippen molar-refractivity contribution in [1.29, 1.82) is 0 Å². The fraction of sp³-hybridized carbons (Fsp3) is 0.0909. The molecule has 0 atom stereocenters. The van der Waals surface area contributed by atoms with Crippen molar-refractivity contribution >= 4 is 40.5 Å². The number of carbonyl (C=O) groups is 2. The first-order chi connectivity index (χ1) is 14.7. The molecule has 0 radical (unpaired) electrons. The largest absolute Gasteiger partial charge is 0.416 e. The third-order valence-corrected chi connectivity index (χ3v) is 4.41. The molecule has 5 nitrogen and oxygen atoms in total. The number of benzene rings is 3. The smallest absolute Gasteiger partial charge is 0.376 e. The third-order valence-electron chi connectivity index (χ3n) is 4.15. The normalized spacial score (nSPS) is 11.0. The summed E-state index contributed by atoms with van der Waals surface area (Å²) >= 11 is 5.80. The minimum absolute atomic E-state index is 0.0283. The molecular formula is C22H17ClF3N3O2. The fourth-order valence-corrected chi connectivity index (χ4v) is 2.79. The van der Waals surface area contributed by atoms with Crippen molar-refractivity contribution in [3.05, 3.63) is 88.9 Å². The highest BCUT2D eigenvalue weighted by Gasteiger charge is 2.30. The molecule has 9 heteroatoms. The van der Waals surface area contributed by atoms with Gasteiger partial charge in [-0.05, 0) is 60.7 Å². The van der Waals surface area contributed by atoms with Crippen LogP contribution in [0.25, 0.3) is 0 Å². The molecule has 0 saturated carbocycles. The quantitative estimate of drug-likeness (QED) is 0.456. The van der Waals surface area contributed by atoms with Gasteiger partial charge >= 0.3 is 6.18 Å². The molecule has 0 saturated heterocycles. The van der Waals surface area contributed by atoms with E-state index in [0.29, 0.717) is 16.4 Å². The van der Waals surface area contributed by atoms with Gasteiger partial charge in [-0.25, -0.2) is 0 Å². The van der Waals surface area contributed by atoms with Gasteiger partial charge in [0, 0.05) is 27.6 Å². The van der Waals surface area contributed by atoms with E-state index in [2.05, 4.69) is 16.0 Å². The summed E-state index contributed by atoms with van der Waals surface area (Å²) in [5.41, 5.74) is 0.488. The van der Waals surface area contributed by atoms with Gasteiger partial charge in [-0.1, -0.05) is 23.7 Å². The van der Waals surface area contributed by atoms with E-state index < -0.39 is 17.6 Å². The monoisotopic (exact) mass is 447 g/mol. The molecule has 0 unspecified atom stereocenters. The van der Waals surface area contributed by atoms with E-state index in [0.717, 1.165) is 12.1 Å². The van der Waals surface area contributed by atoms with Crippen LogP contribution < -0.4 is 16.0 Å². The first kappa shape index (κ1) is 22.2. The molecule has 3 aromatic rings. The molecule has 3 rings (SSSR count). The molecule has 0 aliphatic rings. The van der Waals surface area contributed by atoms with Gasteiger partial charge in [0.05, 0.1) is 12.1 Å². The predicted molar refractivity (Wildman–Crippen MR) is 114 cm³/mol. The maximum Gasteiger partial charge on any atom is 0.416 e.